The highest BCUT2D eigenvalue weighted by molar-refractivity contribution is 6.20. The molecule has 0 bridgehead atoms. The fraction of sp³-hybridized carbons (Fsp3) is 0.462. The first-order chi connectivity index (χ1) is 7.70. The van der Waals surface area contributed by atoms with Gasteiger partial charge < -0.3 is 4.42 Å². The van der Waals surface area contributed by atoms with Crippen LogP contribution in [0.5, 0.6) is 0 Å². The summed E-state index contributed by atoms with van der Waals surface area (Å²) in [6.45, 7) is 4.30. The van der Waals surface area contributed by atoms with E-state index in [-0.39, 0.29) is 5.38 Å². The Bertz CT molecular complexity index is 433. The van der Waals surface area contributed by atoms with Gasteiger partial charge in [0.1, 0.15) is 5.52 Å². The van der Waals surface area contributed by atoms with Crippen molar-refractivity contribution in [2.45, 2.75) is 32.1 Å². The zero-order valence-corrected chi connectivity index (χ0v) is 10.4. The molecule has 0 fully saturated rings. The van der Waals surface area contributed by atoms with Gasteiger partial charge in [-0.25, -0.2) is 4.98 Å². The molecule has 0 amide bonds. The summed E-state index contributed by atoms with van der Waals surface area (Å²) in [5.41, 5.74) is 1.75. The lowest BCUT2D eigenvalue weighted by atomic mass is 10.0. The third-order valence-corrected chi connectivity index (χ3v) is 3.55. The monoisotopic (exact) mass is 237 g/mol. The van der Waals surface area contributed by atoms with Gasteiger partial charge in [-0.3, -0.25) is 0 Å². The number of aromatic nitrogens is 1. The largest absolute Gasteiger partial charge is 0.441 e. The number of nitrogens with zero attached hydrogens (tertiary/aromatic N) is 1. The number of hydrogen-bond acceptors (Lipinski definition) is 2. The van der Waals surface area contributed by atoms with Crippen molar-refractivity contribution >= 4 is 22.7 Å². The topological polar surface area (TPSA) is 26.0 Å². The van der Waals surface area contributed by atoms with Crippen LogP contribution in [-0.4, -0.2) is 10.4 Å². The fourth-order valence-corrected chi connectivity index (χ4v) is 1.94. The Morgan fingerprint density at radius 2 is 2.12 bits per heavy atom. The Labute approximate surface area is 101 Å². The number of hydrogen-bond donors (Lipinski definition) is 0. The minimum atomic E-state index is 0.0954. The SMILES string of the molecule is CCC(C)C(Cl)Cc1nc2ccccc2o1. The summed E-state index contributed by atoms with van der Waals surface area (Å²) in [5, 5.41) is 0.0954. The van der Waals surface area contributed by atoms with Crippen LogP contribution in [-0.2, 0) is 6.42 Å². The smallest absolute Gasteiger partial charge is 0.196 e. The molecule has 1 heterocycles. The van der Waals surface area contributed by atoms with Crippen molar-refractivity contribution in [2.75, 3.05) is 0 Å². The number of para-hydroxylation sites is 2. The van der Waals surface area contributed by atoms with Crippen molar-refractivity contribution in [2.24, 2.45) is 5.92 Å². The molecule has 0 aliphatic carbocycles. The Hall–Kier alpha value is -1.02. The molecular formula is C13H16ClNO. The molecule has 1 aromatic heterocycles. The van der Waals surface area contributed by atoms with E-state index in [1.807, 2.05) is 24.3 Å². The summed E-state index contributed by atoms with van der Waals surface area (Å²) < 4.78 is 5.64. The van der Waals surface area contributed by atoms with E-state index in [0.29, 0.717) is 12.3 Å². The lowest BCUT2D eigenvalue weighted by Crippen LogP contribution is -2.13. The third-order valence-electron chi connectivity index (χ3n) is 2.97. The van der Waals surface area contributed by atoms with Gasteiger partial charge in [-0.05, 0) is 18.1 Å². The van der Waals surface area contributed by atoms with Gasteiger partial charge in [-0.2, -0.15) is 0 Å². The predicted molar refractivity (Wildman–Crippen MR) is 66.8 cm³/mol. The van der Waals surface area contributed by atoms with Crippen LogP contribution in [0.1, 0.15) is 26.2 Å². The number of benzene rings is 1. The van der Waals surface area contributed by atoms with Crippen molar-refractivity contribution in [3.63, 3.8) is 0 Å². The molecule has 0 radical (unpaired) electrons. The van der Waals surface area contributed by atoms with Crippen LogP contribution in [0.15, 0.2) is 28.7 Å². The van der Waals surface area contributed by atoms with E-state index in [0.717, 1.165) is 23.4 Å². The highest BCUT2D eigenvalue weighted by atomic mass is 35.5. The van der Waals surface area contributed by atoms with Gasteiger partial charge in [0.05, 0.1) is 0 Å². The van der Waals surface area contributed by atoms with Crippen LogP contribution in [0.3, 0.4) is 0 Å². The Morgan fingerprint density at radius 3 is 2.81 bits per heavy atom. The molecule has 0 saturated heterocycles. The van der Waals surface area contributed by atoms with E-state index >= 15 is 0 Å². The lowest BCUT2D eigenvalue weighted by Gasteiger charge is -2.13. The molecule has 2 aromatic rings. The number of fused-ring (bicyclic) bond motifs is 1. The second-order valence-electron chi connectivity index (χ2n) is 4.18. The van der Waals surface area contributed by atoms with Gasteiger partial charge in [0, 0.05) is 11.8 Å². The van der Waals surface area contributed by atoms with Gasteiger partial charge in [-0.1, -0.05) is 32.4 Å². The quantitative estimate of drug-likeness (QED) is 0.751. The van der Waals surface area contributed by atoms with E-state index < -0.39 is 0 Å². The van der Waals surface area contributed by atoms with Gasteiger partial charge in [0.15, 0.2) is 11.5 Å². The van der Waals surface area contributed by atoms with Crippen LogP contribution >= 0.6 is 11.6 Å². The van der Waals surface area contributed by atoms with E-state index in [1.165, 1.54) is 0 Å². The first-order valence-electron chi connectivity index (χ1n) is 5.69. The maximum absolute atomic E-state index is 6.29. The van der Waals surface area contributed by atoms with Crippen molar-refractivity contribution in [3.05, 3.63) is 30.2 Å². The zero-order valence-electron chi connectivity index (χ0n) is 9.61. The molecule has 2 unspecified atom stereocenters. The van der Waals surface area contributed by atoms with Gasteiger partial charge in [-0.15, -0.1) is 11.6 Å². The van der Waals surface area contributed by atoms with Crippen LogP contribution in [0.2, 0.25) is 0 Å². The summed E-state index contributed by atoms with van der Waals surface area (Å²) in [5.74, 6) is 1.22. The summed E-state index contributed by atoms with van der Waals surface area (Å²) in [4.78, 5) is 4.42. The molecule has 16 heavy (non-hydrogen) atoms. The summed E-state index contributed by atoms with van der Waals surface area (Å²) in [6.07, 6.45) is 1.78. The third kappa shape index (κ3) is 2.38. The number of halogens is 1. The molecule has 2 rings (SSSR count). The number of oxazole rings is 1. The standard InChI is InChI=1S/C13H16ClNO/c1-3-9(2)10(14)8-13-15-11-6-4-5-7-12(11)16-13/h4-7,9-10H,3,8H2,1-2H3. The fourth-order valence-electron chi connectivity index (χ4n) is 1.63. The maximum atomic E-state index is 6.29. The Balaban J connectivity index is 2.15. The van der Waals surface area contributed by atoms with Crippen molar-refractivity contribution in [1.82, 2.24) is 4.98 Å². The molecule has 0 aliphatic heterocycles. The van der Waals surface area contributed by atoms with Crippen molar-refractivity contribution in [3.8, 4) is 0 Å². The molecule has 0 spiro atoms. The zero-order chi connectivity index (χ0) is 11.5. The molecule has 0 saturated carbocycles. The van der Waals surface area contributed by atoms with E-state index in [4.69, 9.17) is 16.0 Å². The molecular weight excluding hydrogens is 222 g/mol. The highest BCUT2D eigenvalue weighted by Crippen LogP contribution is 2.21. The second kappa shape index (κ2) is 4.88. The molecule has 0 N–H and O–H groups in total. The van der Waals surface area contributed by atoms with E-state index in [9.17, 15) is 0 Å². The Morgan fingerprint density at radius 1 is 1.38 bits per heavy atom. The average Bonchev–Trinajstić information content (AvgIpc) is 2.69. The minimum absolute atomic E-state index is 0.0954. The molecule has 2 atom stereocenters. The minimum Gasteiger partial charge on any atom is -0.441 e. The lowest BCUT2D eigenvalue weighted by molar-refractivity contribution is 0.464. The average molecular weight is 238 g/mol. The van der Waals surface area contributed by atoms with Crippen LogP contribution in [0.25, 0.3) is 11.1 Å². The molecule has 0 aliphatic rings. The summed E-state index contributed by atoms with van der Waals surface area (Å²) >= 11 is 6.29. The first kappa shape index (κ1) is 11.5. The van der Waals surface area contributed by atoms with Crippen LogP contribution in [0.4, 0.5) is 0 Å². The molecule has 3 heteroatoms. The first-order valence-corrected chi connectivity index (χ1v) is 6.13. The van der Waals surface area contributed by atoms with E-state index in [2.05, 4.69) is 18.8 Å². The van der Waals surface area contributed by atoms with Gasteiger partial charge >= 0.3 is 0 Å². The number of rotatable bonds is 4. The van der Waals surface area contributed by atoms with Crippen molar-refractivity contribution in [1.29, 1.82) is 0 Å². The number of alkyl halides is 1. The van der Waals surface area contributed by atoms with E-state index in [1.54, 1.807) is 0 Å². The normalized spacial score (nSPS) is 15.2. The highest BCUT2D eigenvalue weighted by Gasteiger charge is 2.16. The summed E-state index contributed by atoms with van der Waals surface area (Å²) in [6, 6.07) is 7.79. The molecule has 86 valence electrons. The van der Waals surface area contributed by atoms with Crippen molar-refractivity contribution < 1.29 is 4.42 Å². The summed E-state index contributed by atoms with van der Waals surface area (Å²) in [7, 11) is 0. The van der Waals surface area contributed by atoms with Crippen LogP contribution < -0.4 is 0 Å². The Kier molecular flexibility index (Phi) is 3.49. The predicted octanol–water partition coefficient (Wildman–Crippen LogP) is 4.02. The molecule has 1 aromatic carbocycles. The van der Waals surface area contributed by atoms with Crippen LogP contribution in [0, 0.1) is 5.92 Å². The maximum Gasteiger partial charge on any atom is 0.196 e. The second-order valence-corrected chi connectivity index (χ2v) is 4.74. The molecule has 2 nitrogen and oxygen atoms in total. The van der Waals surface area contributed by atoms with Gasteiger partial charge in [0.25, 0.3) is 0 Å². The van der Waals surface area contributed by atoms with Gasteiger partial charge in [0.2, 0.25) is 0 Å².